The van der Waals surface area contributed by atoms with Gasteiger partial charge in [0, 0.05) is 36.6 Å². The van der Waals surface area contributed by atoms with E-state index in [1.54, 1.807) is 42.6 Å². The smallest absolute Gasteiger partial charge is 0.280 e. The van der Waals surface area contributed by atoms with Gasteiger partial charge in [-0.05, 0) is 53.6 Å². The van der Waals surface area contributed by atoms with Gasteiger partial charge in [-0.3, -0.25) is 4.79 Å². The van der Waals surface area contributed by atoms with Crippen LogP contribution in [-0.2, 0) is 9.84 Å². The minimum Gasteiger partial charge on any atom is -0.378 e. The second-order valence-corrected chi connectivity index (χ2v) is 10.3. The molecule has 0 saturated heterocycles. The lowest BCUT2D eigenvalue weighted by Crippen LogP contribution is -2.23. The molecule has 0 aliphatic rings. The molecule has 0 amide bonds. The molecule has 0 N–H and O–H groups in total. The Kier molecular flexibility index (Phi) is 6.10. The normalized spacial score (nSPS) is 11.4. The molecule has 0 spiro atoms. The summed E-state index contributed by atoms with van der Waals surface area (Å²) in [6, 6.07) is 21.0. The van der Waals surface area contributed by atoms with Gasteiger partial charge in [0.2, 0.25) is 0 Å². The zero-order chi connectivity index (χ0) is 23.8. The van der Waals surface area contributed by atoms with E-state index in [0.717, 1.165) is 17.5 Å². The van der Waals surface area contributed by atoms with E-state index < -0.39 is 9.84 Å². The summed E-state index contributed by atoms with van der Waals surface area (Å²) < 4.78 is 25.1. The van der Waals surface area contributed by atoms with Gasteiger partial charge in [0.05, 0.1) is 22.3 Å². The van der Waals surface area contributed by atoms with Gasteiger partial charge in [-0.2, -0.15) is 9.78 Å². The Morgan fingerprint density at radius 3 is 2.24 bits per heavy atom. The highest BCUT2D eigenvalue weighted by Crippen LogP contribution is 2.31. The van der Waals surface area contributed by atoms with Gasteiger partial charge in [-0.15, -0.1) is 0 Å². The predicted molar refractivity (Wildman–Crippen MR) is 133 cm³/mol. The molecule has 4 rings (SSSR count). The second-order valence-electron chi connectivity index (χ2n) is 7.87. The van der Waals surface area contributed by atoms with Crippen LogP contribution in [0.4, 0.5) is 5.69 Å². The van der Waals surface area contributed by atoms with Crippen LogP contribution in [0.15, 0.2) is 88.7 Å². The Bertz CT molecular complexity index is 1490. The standard InChI is InChI=1S/C25H22ClN3O3S/c1-28(2)20-8-4-6-18(14-20)24-23(17-10-12-22(13-11-17)33(3,31)32)16-27-29(25(24)30)21-9-5-7-19(26)15-21/h4-16H,1-3H3. The molecule has 8 heteroatoms. The zero-order valence-electron chi connectivity index (χ0n) is 18.4. The molecule has 4 aromatic rings. The van der Waals surface area contributed by atoms with E-state index >= 15 is 0 Å². The summed E-state index contributed by atoms with van der Waals surface area (Å²) in [5, 5.41) is 4.90. The van der Waals surface area contributed by atoms with Crippen molar-refractivity contribution < 1.29 is 8.42 Å². The SMILES string of the molecule is CN(C)c1cccc(-c2c(-c3ccc(S(C)(=O)=O)cc3)cnn(-c3cccc(Cl)c3)c2=O)c1. The van der Waals surface area contributed by atoms with Crippen molar-refractivity contribution in [2.24, 2.45) is 0 Å². The zero-order valence-corrected chi connectivity index (χ0v) is 19.9. The fourth-order valence-electron chi connectivity index (χ4n) is 3.56. The fourth-order valence-corrected chi connectivity index (χ4v) is 4.38. The Hall–Kier alpha value is -3.42. The summed E-state index contributed by atoms with van der Waals surface area (Å²) in [7, 11) is 0.529. The molecule has 0 fully saturated rings. The number of sulfone groups is 1. The van der Waals surface area contributed by atoms with Gasteiger partial charge in [0.15, 0.2) is 9.84 Å². The molecule has 33 heavy (non-hydrogen) atoms. The second kappa shape index (κ2) is 8.84. The fraction of sp³-hybridized carbons (Fsp3) is 0.120. The van der Waals surface area contributed by atoms with Crippen LogP contribution < -0.4 is 10.5 Å². The van der Waals surface area contributed by atoms with Crippen molar-refractivity contribution in [3.8, 4) is 27.9 Å². The Morgan fingerprint density at radius 1 is 0.909 bits per heavy atom. The van der Waals surface area contributed by atoms with Gasteiger partial charge >= 0.3 is 0 Å². The van der Waals surface area contributed by atoms with E-state index in [0.29, 0.717) is 27.4 Å². The number of anilines is 1. The third-order valence-corrected chi connectivity index (χ3v) is 6.64. The predicted octanol–water partition coefficient (Wildman–Crippen LogP) is 4.69. The molecule has 0 saturated carbocycles. The molecule has 1 aromatic heterocycles. The monoisotopic (exact) mass is 479 g/mol. The highest BCUT2D eigenvalue weighted by Gasteiger charge is 2.18. The Morgan fingerprint density at radius 2 is 1.61 bits per heavy atom. The first-order chi connectivity index (χ1) is 15.6. The molecule has 0 atom stereocenters. The molecule has 3 aromatic carbocycles. The van der Waals surface area contributed by atoms with Gasteiger partial charge in [0.1, 0.15) is 0 Å². The molecule has 1 heterocycles. The average Bonchev–Trinajstić information content (AvgIpc) is 2.78. The van der Waals surface area contributed by atoms with Crippen molar-refractivity contribution in [2.75, 3.05) is 25.3 Å². The van der Waals surface area contributed by atoms with Gasteiger partial charge in [-0.1, -0.05) is 41.9 Å². The van der Waals surface area contributed by atoms with Crippen molar-refractivity contribution in [1.82, 2.24) is 9.78 Å². The minimum atomic E-state index is -3.33. The van der Waals surface area contributed by atoms with E-state index in [2.05, 4.69) is 5.10 Å². The third kappa shape index (κ3) is 4.69. The van der Waals surface area contributed by atoms with E-state index in [4.69, 9.17) is 11.6 Å². The summed E-state index contributed by atoms with van der Waals surface area (Å²) in [5.41, 5.74) is 3.67. The summed E-state index contributed by atoms with van der Waals surface area (Å²) in [5.74, 6) is 0. The third-order valence-electron chi connectivity index (χ3n) is 5.28. The topological polar surface area (TPSA) is 72.3 Å². The average molecular weight is 480 g/mol. The number of aromatic nitrogens is 2. The van der Waals surface area contributed by atoms with Crippen LogP contribution in [0.25, 0.3) is 27.9 Å². The van der Waals surface area contributed by atoms with E-state index in [1.807, 2.05) is 43.3 Å². The van der Waals surface area contributed by atoms with Crippen molar-refractivity contribution in [2.45, 2.75) is 4.90 Å². The molecule has 168 valence electrons. The van der Waals surface area contributed by atoms with E-state index in [-0.39, 0.29) is 10.5 Å². The lowest BCUT2D eigenvalue weighted by Gasteiger charge is -2.16. The minimum absolute atomic E-state index is 0.211. The highest BCUT2D eigenvalue weighted by atomic mass is 35.5. The number of hydrogen-bond donors (Lipinski definition) is 0. The van der Waals surface area contributed by atoms with Crippen LogP contribution >= 0.6 is 11.6 Å². The summed E-state index contributed by atoms with van der Waals surface area (Å²) >= 11 is 6.14. The van der Waals surface area contributed by atoms with Crippen LogP contribution in [0.1, 0.15) is 0 Å². The van der Waals surface area contributed by atoms with Gasteiger partial charge in [-0.25, -0.2) is 8.42 Å². The van der Waals surface area contributed by atoms with Gasteiger partial charge < -0.3 is 4.90 Å². The van der Waals surface area contributed by atoms with Crippen LogP contribution in [0.5, 0.6) is 0 Å². The molecule has 0 aliphatic heterocycles. The summed E-state index contributed by atoms with van der Waals surface area (Å²) in [4.78, 5) is 15.9. The van der Waals surface area contributed by atoms with E-state index in [9.17, 15) is 13.2 Å². The first kappa shape index (κ1) is 22.8. The van der Waals surface area contributed by atoms with Crippen LogP contribution in [0, 0.1) is 0 Å². The van der Waals surface area contributed by atoms with E-state index in [1.165, 1.54) is 16.8 Å². The van der Waals surface area contributed by atoms with Crippen molar-refractivity contribution in [3.63, 3.8) is 0 Å². The van der Waals surface area contributed by atoms with Crippen molar-refractivity contribution in [1.29, 1.82) is 0 Å². The van der Waals surface area contributed by atoms with Crippen LogP contribution in [0.3, 0.4) is 0 Å². The first-order valence-corrected chi connectivity index (χ1v) is 12.4. The van der Waals surface area contributed by atoms with Crippen molar-refractivity contribution >= 4 is 27.1 Å². The molecule has 0 radical (unpaired) electrons. The molecule has 0 unspecified atom stereocenters. The lowest BCUT2D eigenvalue weighted by molar-refractivity contribution is 0.602. The molecular weight excluding hydrogens is 458 g/mol. The Labute approximate surface area is 197 Å². The maximum Gasteiger partial charge on any atom is 0.280 e. The lowest BCUT2D eigenvalue weighted by atomic mass is 9.97. The number of rotatable bonds is 5. The summed E-state index contributed by atoms with van der Waals surface area (Å²) in [6.45, 7) is 0. The maximum absolute atomic E-state index is 13.7. The number of hydrogen-bond acceptors (Lipinski definition) is 5. The molecule has 0 bridgehead atoms. The van der Waals surface area contributed by atoms with Crippen molar-refractivity contribution in [3.05, 3.63) is 94.4 Å². The maximum atomic E-state index is 13.7. The quantitative estimate of drug-likeness (QED) is 0.415. The number of nitrogens with zero attached hydrogens (tertiary/aromatic N) is 3. The summed E-state index contributed by atoms with van der Waals surface area (Å²) in [6.07, 6.45) is 2.78. The highest BCUT2D eigenvalue weighted by molar-refractivity contribution is 7.90. The van der Waals surface area contributed by atoms with Crippen LogP contribution in [0.2, 0.25) is 5.02 Å². The largest absolute Gasteiger partial charge is 0.378 e. The number of halogens is 1. The van der Waals surface area contributed by atoms with Crippen LogP contribution in [-0.4, -0.2) is 38.5 Å². The number of benzene rings is 3. The molecule has 0 aliphatic carbocycles. The Balaban J connectivity index is 1.98. The molecule has 6 nitrogen and oxygen atoms in total. The van der Waals surface area contributed by atoms with Gasteiger partial charge in [0.25, 0.3) is 5.56 Å². The first-order valence-electron chi connectivity index (χ1n) is 10.1. The molecular formula is C25H22ClN3O3S.